The minimum Gasteiger partial charge on any atom is -0.464 e. The Morgan fingerprint density at radius 2 is 1.69 bits per heavy atom. The van der Waals surface area contributed by atoms with E-state index in [0.29, 0.717) is 16.8 Å². The molecule has 0 unspecified atom stereocenters. The van der Waals surface area contributed by atoms with Crippen molar-refractivity contribution in [3.8, 4) is 5.75 Å². The van der Waals surface area contributed by atoms with E-state index in [1.54, 1.807) is 49.4 Å². The van der Waals surface area contributed by atoms with Gasteiger partial charge in [-0.15, -0.1) is 0 Å². The molecule has 0 spiro atoms. The Hall–Kier alpha value is -4.37. The van der Waals surface area contributed by atoms with Gasteiger partial charge in [0.05, 0.1) is 13.2 Å². The van der Waals surface area contributed by atoms with Crippen molar-refractivity contribution in [3.63, 3.8) is 0 Å². The summed E-state index contributed by atoms with van der Waals surface area (Å²) in [7, 11) is 0. The predicted octanol–water partition coefficient (Wildman–Crippen LogP) is 4.83. The third-order valence-corrected chi connectivity index (χ3v) is 6.07. The number of carbonyl (C=O) groups excluding carboxylic acids is 3. The third-order valence-electron chi connectivity index (χ3n) is 6.07. The maximum atomic E-state index is 13.4. The Morgan fingerprint density at radius 3 is 2.42 bits per heavy atom. The second-order valence-corrected chi connectivity index (χ2v) is 8.33. The van der Waals surface area contributed by atoms with Crippen LogP contribution >= 0.6 is 0 Å². The van der Waals surface area contributed by atoms with E-state index in [4.69, 9.17) is 14.3 Å². The molecule has 1 saturated heterocycles. The second kappa shape index (κ2) is 10.1. The van der Waals surface area contributed by atoms with Crippen molar-refractivity contribution in [2.24, 2.45) is 0 Å². The number of hydroxylamine groups is 2. The van der Waals surface area contributed by atoms with E-state index in [9.17, 15) is 14.4 Å². The first kappa shape index (κ1) is 23.4. The van der Waals surface area contributed by atoms with Crippen LogP contribution in [0.3, 0.4) is 0 Å². The van der Waals surface area contributed by atoms with Gasteiger partial charge in [-0.1, -0.05) is 60.7 Å². The van der Waals surface area contributed by atoms with Crippen molar-refractivity contribution in [1.29, 1.82) is 0 Å². The second-order valence-electron chi connectivity index (χ2n) is 8.33. The molecule has 3 aromatic carbocycles. The Morgan fingerprint density at radius 1 is 0.972 bits per heavy atom. The molecule has 3 amide bonds. The molecular weight excluding hydrogens is 462 g/mol. The van der Waals surface area contributed by atoms with Gasteiger partial charge >= 0.3 is 18.1 Å². The van der Waals surface area contributed by atoms with E-state index in [1.807, 2.05) is 36.4 Å². The molecule has 0 saturated carbocycles. The van der Waals surface area contributed by atoms with Crippen LogP contribution in [0.1, 0.15) is 35.7 Å². The molecule has 0 aliphatic carbocycles. The van der Waals surface area contributed by atoms with Gasteiger partial charge in [-0.3, -0.25) is 10.2 Å². The molecule has 2 bridgehead atoms. The van der Waals surface area contributed by atoms with Crippen LogP contribution in [-0.2, 0) is 21.0 Å². The molecule has 2 heterocycles. The molecule has 5 rings (SSSR count). The van der Waals surface area contributed by atoms with Gasteiger partial charge in [-0.05, 0) is 36.2 Å². The van der Waals surface area contributed by atoms with Gasteiger partial charge in [0.2, 0.25) is 0 Å². The van der Waals surface area contributed by atoms with Crippen molar-refractivity contribution in [3.05, 3.63) is 95.6 Å². The minimum atomic E-state index is -0.977. The average molecular weight is 488 g/mol. The maximum Gasteiger partial charge on any atom is 0.417 e. The Bertz CT molecular complexity index is 1270. The molecule has 9 heteroatoms. The van der Waals surface area contributed by atoms with Crippen LogP contribution in [0.25, 0.3) is 0 Å². The summed E-state index contributed by atoms with van der Waals surface area (Å²) in [6, 6.07) is 21.4. The number of hydrogen-bond acceptors (Lipinski definition) is 6. The van der Waals surface area contributed by atoms with Crippen LogP contribution in [0, 0.1) is 0 Å². The SMILES string of the molecule is CCOC(=O)[C@H]1c2cccc(OC(=O)Nc3ccccc3)c2[C@H]2CN1C(=O)N2OCc1ccccc1. The van der Waals surface area contributed by atoms with Crippen molar-refractivity contribution < 1.29 is 28.7 Å². The first-order chi connectivity index (χ1) is 17.6. The fourth-order valence-corrected chi connectivity index (χ4v) is 4.54. The van der Waals surface area contributed by atoms with E-state index in [-0.39, 0.29) is 25.5 Å². The monoisotopic (exact) mass is 487 g/mol. The number of nitrogens with one attached hydrogen (secondary N) is 1. The lowest BCUT2D eigenvalue weighted by Crippen LogP contribution is -2.39. The number of amides is 3. The zero-order valence-electron chi connectivity index (χ0n) is 19.6. The average Bonchev–Trinajstić information content (AvgIpc) is 3.15. The van der Waals surface area contributed by atoms with Crippen LogP contribution in [0.2, 0.25) is 0 Å². The summed E-state index contributed by atoms with van der Waals surface area (Å²) < 4.78 is 11.0. The van der Waals surface area contributed by atoms with E-state index in [2.05, 4.69) is 5.32 Å². The molecule has 3 aromatic rings. The summed E-state index contributed by atoms with van der Waals surface area (Å²) in [6.07, 6.45) is -0.689. The van der Waals surface area contributed by atoms with Crippen molar-refractivity contribution in [1.82, 2.24) is 9.96 Å². The van der Waals surface area contributed by atoms with Gasteiger partial charge in [0.1, 0.15) is 18.4 Å². The summed E-state index contributed by atoms with van der Waals surface area (Å²) in [4.78, 5) is 46.4. The van der Waals surface area contributed by atoms with E-state index in [1.165, 1.54) is 9.96 Å². The van der Waals surface area contributed by atoms with Crippen LogP contribution in [0.4, 0.5) is 15.3 Å². The lowest BCUT2D eigenvalue weighted by atomic mass is 9.90. The van der Waals surface area contributed by atoms with Gasteiger partial charge in [0, 0.05) is 11.3 Å². The predicted molar refractivity (Wildman–Crippen MR) is 130 cm³/mol. The van der Waals surface area contributed by atoms with Crippen molar-refractivity contribution >= 4 is 23.8 Å². The van der Waals surface area contributed by atoms with Crippen LogP contribution in [0.5, 0.6) is 5.75 Å². The summed E-state index contributed by atoms with van der Waals surface area (Å²) in [5.41, 5.74) is 2.53. The number of hydrogen-bond donors (Lipinski definition) is 1. The molecule has 2 atom stereocenters. The largest absolute Gasteiger partial charge is 0.464 e. The number of benzene rings is 3. The Kier molecular flexibility index (Phi) is 6.55. The molecule has 1 N–H and O–H groups in total. The zero-order valence-corrected chi connectivity index (χ0v) is 19.6. The van der Waals surface area contributed by atoms with Crippen molar-refractivity contribution in [2.45, 2.75) is 25.6 Å². The molecule has 36 heavy (non-hydrogen) atoms. The highest BCUT2D eigenvalue weighted by atomic mass is 16.7. The Balaban J connectivity index is 1.47. The van der Waals surface area contributed by atoms with Crippen LogP contribution in [0.15, 0.2) is 78.9 Å². The molecular formula is C27H25N3O6. The molecule has 2 aliphatic rings. The van der Waals surface area contributed by atoms with Gasteiger partial charge in [0.25, 0.3) is 0 Å². The molecule has 0 aromatic heterocycles. The normalized spacial score (nSPS) is 18.0. The van der Waals surface area contributed by atoms with Gasteiger partial charge in [-0.25, -0.2) is 14.4 Å². The highest BCUT2D eigenvalue weighted by Crippen LogP contribution is 2.48. The molecule has 0 radical (unpaired) electrons. The molecule has 9 nitrogen and oxygen atoms in total. The van der Waals surface area contributed by atoms with E-state index < -0.39 is 30.2 Å². The number of para-hydroxylation sites is 1. The lowest BCUT2D eigenvalue weighted by molar-refractivity contribution is -0.149. The topological polar surface area (TPSA) is 97.4 Å². The lowest BCUT2D eigenvalue weighted by Gasteiger charge is -2.32. The smallest absolute Gasteiger partial charge is 0.417 e. The third kappa shape index (κ3) is 4.48. The first-order valence-electron chi connectivity index (χ1n) is 11.7. The molecule has 184 valence electrons. The number of rotatable bonds is 7. The number of nitrogens with zero attached hydrogens (tertiary/aromatic N) is 2. The fraction of sp³-hybridized carbons (Fsp3) is 0.222. The number of esters is 1. The van der Waals surface area contributed by atoms with Gasteiger partial charge in [0.15, 0.2) is 6.04 Å². The first-order valence-corrected chi connectivity index (χ1v) is 11.7. The summed E-state index contributed by atoms with van der Waals surface area (Å²) in [6.45, 7) is 2.22. The zero-order chi connectivity index (χ0) is 25.1. The summed E-state index contributed by atoms with van der Waals surface area (Å²) in [5, 5.41) is 3.94. The quantitative estimate of drug-likeness (QED) is 0.480. The maximum absolute atomic E-state index is 13.4. The highest BCUT2D eigenvalue weighted by molar-refractivity contribution is 5.90. The summed E-state index contributed by atoms with van der Waals surface area (Å²) in [5.74, 6) is -0.316. The number of anilines is 1. The number of ether oxygens (including phenoxy) is 2. The van der Waals surface area contributed by atoms with Crippen LogP contribution in [-0.4, -0.2) is 41.2 Å². The highest BCUT2D eigenvalue weighted by Gasteiger charge is 2.52. The number of carbonyl (C=O) groups is 3. The van der Waals surface area contributed by atoms with E-state index >= 15 is 0 Å². The Labute approximate surface area is 208 Å². The van der Waals surface area contributed by atoms with Gasteiger partial charge in [-0.2, -0.15) is 5.06 Å². The fourth-order valence-electron chi connectivity index (χ4n) is 4.54. The van der Waals surface area contributed by atoms with Crippen molar-refractivity contribution in [2.75, 3.05) is 18.5 Å². The molecule has 1 fully saturated rings. The van der Waals surface area contributed by atoms with Gasteiger partial charge < -0.3 is 14.4 Å². The minimum absolute atomic E-state index is 0.161. The number of urea groups is 1. The molecule has 2 aliphatic heterocycles. The number of fused-ring (bicyclic) bond motifs is 4. The standard InChI is InChI=1S/C27H25N3O6/c1-2-34-25(31)24-20-14-9-15-22(36-26(32)28-19-12-7-4-8-13-19)23(20)21-16-29(24)27(33)30(21)35-17-18-10-5-3-6-11-18/h3-15,21,24H,2,16-17H2,1H3,(H,28,32)/t21-,24-/m1/s1. The summed E-state index contributed by atoms with van der Waals surface area (Å²) >= 11 is 0. The van der Waals surface area contributed by atoms with Crippen LogP contribution < -0.4 is 10.1 Å². The van der Waals surface area contributed by atoms with E-state index in [0.717, 1.165) is 5.56 Å².